The molecule has 2 heteroatoms. The van der Waals surface area contributed by atoms with Crippen LogP contribution in [0.15, 0.2) is 48.0 Å². The lowest BCUT2D eigenvalue weighted by Crippen LogP contribution is -1.97. The Morgan fingerprint density at radius 1 is 1.09 bits per heavy atom. The summed E-state index contributed by atoms with van der Waals surface area (Å²) in [6, 6.07) is 13.8. The fourth-order valence-corrected chi connectivity index (χ4v) is 2.21. The number of rotatable bonds is 5. The van der Waals surface area contributed by atoms with Gasteiger partial charge in [-0.15, -0.1) is 12.3 Å². The van der Waals surface area contributed by atoms with Crippen molar-refractivity contribution in [3.63, 3.8) is 0 Å². The van der Waals surface area contributed by atoms with E-state index in [1.807, 2.05) is 42.5 Å². The number of carboxylic acids is 1. The molecular weight excluding hydrogens is 284 g/mol. The molecule has 2 aromatic rings. The SMILES string of the molecule is C#CCCCCC#C/C(=C/c1ccc2ccccc2c1)C(=O)O. The molecule has 0 unspecified atom stereocenters. The van der Waals surface area contributed by atoms with Gasteiger partial charge in [0.25, 0.3) is 0 Å². The van der Waals surface area contributed by atoms with Gasteiger partial charge in [0.1, 0.15) is 5.57 Å². The van der Waals surface area contributed by atoms with E-state index in [2.05, 4.69) is 17.8 Å². The molecule has 2 nitrogen and oxygen atoms in total. The number of aliphatic carboxylic acids is 1. The van der Waals surface area contributed by atoms with Crippen LogP contribution in [0.4, 0.5) is 0 Å². The molecule has 0 saturated carbocycles. The fraction of sp³-hybridized carbons (Fsp3) is 0.190. The average molecular weight is 302 g/mol. The van der Waals surface area contributed by atoms with Crippen LogP contribution in [0.3, 0.4) is 0 Å². The number of carbonyl (C=O) groups is 1. The Balaban J connectivity index is 2.15. The van der Waals surface area contributed by atoms with Crippen LogP contribution in [0.5, 0.6) is 0 Å². The number of hydrogen-bond acceptors (Lipinski definition) is 1. The highest BCUT2D eigenvalue weighted by Gasteiger charge is 2.04. The Kier molecular flexibility index (Phi) is 6.04. The van der Waals surface area contributed by atoms with Crippen molar-refractivity contribution in [3.05, 3.63) is 53.6 Å². The van der Waals surface area contributed by atoms with E-state index < -0.39 is 5.97 Å². The summed E-state index contributed by atoms with van der Waals surface area (Å²) in [5.74, 6) is 7.24. The molecule has 0 bridgehead atoms. The van der Waals surface area contributed by atoms with Crippen molar-refractivity contribution in [1.29, 1.82) is 0 Å². The quantitative estimate of drug-likeness (QED) is 0.501. The van der Waals surface area contributed by atoms with Gasteiger partial charge in [-0.3, -0.25) is 0 Å². The minimum absolute atomic E-state index is 0.109. The van der Waals surface area contributed by atoms with Crippen molar-refractivity contribution in [2.75, 3.05) is 0 Å². The van der Waals surface area contributed by atoms with Gasteiger partial charge in [0, 0.05) is 12.8 Å². The van der Waals surface area contributed by atoms with Gasteiger partial charge in [-0.05, 0) is 41.3 Å². The van der Waals surface area contributed by atoms with Gasteiger partial charge in [0.05, 0.1) is 0 Å². The van der Waals surface area contributed by atoms with Crippen molar-refractivity contribution in [1.82, 2.24) is 0 Å². The summed E-state index contributed by atoms with van der Waals surface area (Å²) >= 11 is 0. The Labute approximate surface area is 136 Å². The molecule has 0 aliphatic heterocycles. The lowest BCUT2D eigenvalue weighted by Gasteiger charge is -2.00. The van der Waals surface area contributed by atoms with Crippen LogP contribution in [0, 0.1) is 24.2 Å². The summed E-state index contributed by atoms with van der Waals surface area (Å²) in [5.41, 5.74) is 0.944. The van der Waals surface area contributed by atoms with Gasteiger partial charge in [-0.2, -0.15) is 0 Å². The second-order valence-corrected chi connectivity index (χ2v) is 5.18. The third kappa shape index (κ3) is 5.06. The van der Waals surface area contributed by atoms with E-state index in [0.717, 1.165) is 35.6 Å². The molecule has 0 fully saturated rings. The normalized spacial score (nSPS) is 10.7. The Hall–Kier alpha value is -2.97. The molecule has 0 spiro atoms. The monoisotopic (exact) mass is 302 g/mol. The summed E-state index contributed by atoms with van der Waals surface area (Å²) in [6.45, 7) is 0. The molecule has 23 heavy (non-hydrogen) atoms. The highest BCUT2D eigenvalue weighted by Crippen LogP contribution is 2.17. The Morgan fingerprint density at radius 3 is 2.57 bits per heavy atom. The van der Waals surface area contributed by atoms with Gasteiger partial charge in [-0.25, -0.2) is 4.79 Å². The molecule has 0 atom stereocenters. The summed E-state index contributed by atoms with van der Waals surface area (Å²) in [6.07, 6.45) is 10.00. The van der Waals surface area contributed by atoms with Crippen LogP contribution >= 0.6 is 0 Å². The van der Waals surface area contributed by atoms with Crippen molar-refractivity contribution < 1.29 is 9.90 Å². The van der Waals surface area contributed by atoms with Crippen LogP contribution in [-0.2, 0) is 4.79 Å². The zero-order chi connectivity index (χ0) is 16.5. The lowest BCUT2D eigenvalue weighted by molar-refractivity contribution is -0.132. The van der Waals surface area contributed by atoms with E-state index in [1.54, 1.807) is 6.08 Å². The molecule has 114 valence electrons. The lowest BCUT2D eigenvalue weighted by atomic mass is 10.0. The second-order valence-electron chi connectivity index (χ2n) is 5.18. The van der Waals surface area contributed by atoms with Gasteiger partial charge < -0.3 is 5.11 Å². The van der Waals surface area contributed by atoms with E-state index in [4.69, 9.17) is 6.42 Å². The van der Waals surface area contributed by atoms with Crippen LogP contribution in [0.25, 0.3) is 16.8 Å². The third-order valence-electron chi connectivity index (χ3n) is 3.41. The number of unbranched alkanes of at least 4 members (excludes halogenated alkanes) is 3. The number of carboxylic acid groups (broad SMARTS) is 1. The first-order valence-corrected chi connectivity index (χ1v) is 7.57. The predicted molar refractivity (Wildman–Crippen MR) is 94.6 cm³/mol. The maximum atomic E-state index is 11.3. The molecule has 0 aliphatic carbocycles. The first kappa shape index (κ1) is 16.4. The van der Waals surface area contributed by atoms with Crippen molar-refractivity contribution in [3.8, 4) is 24.2 Å². The summed E-state index contributed by atoms with van der Waals surface area (Å²) in [7, 11) is 0. The predicted octanol–water partition coefficient (Wildman–Crippen LogP) is 4.50. The van der Waals surface area contributed by atoms with E-state index in [0.29, 0.717) is 6.42 Å². The van der Waals surface area contributed by atoms with Crippen LogP contribution < -0.4 is 0 Å². The van der Waals surface area contributed by atoms with E-state index in [-0.39, 0.29) is 5.57 Å². The Bertz CT molecular complexity index is 826. The molecule has 0 amide bonds. The standard InChI is InChI=1S/C21H18O2/c1-2-3-4-5-6-7-12-20(21(22)23)16-17-13-14-18-10-8-9-11-19(18)15-17/h1,8-11,13-16H,3-6H2,(H,22,23)/b20-16-. The molecular formula is C21H18O2. The minimum Gasteiger partial charge on any atom is -0.477 e. The first-order chi connectivity index (χ1) is 11.2. The van der Waals surface area contributed by atoms with Crippen LogP contribution in [0.1, 0.15) is 31.2 Å². The molecule has 0 saturated heterocycles. The summed E-state index contributed by atoms with van der Waals surface area (Å²) in [5, 5.41) is 11.5. The molecule has 2 aromatic carbocycles. The van der Waals surface area contributed by atoms with Crippen molar-refractivity contribution >= 4 is 22.8 Å². The number of terminal acetylenes is 1. The number of fused-ring (bicyclic) bond motifs is 1. The molecule has 2 rings (SSSR count). The molecule has 0 aromatic heterocycles. The third-order valence-corrected chi connectivity index (χ3v) is 3.41. The van der Waals surface area contributed by atoms with E-state index in [1.165, 1.54) is 0 Å². The van der Waals surface area contributed by atoms with Crippen molar-refractivity contribution in [2.24, 2.45) is 0 Å². The van der Waals surface area contributed by atoms with E-state index >= 15 is 0 Å². The average Bonchev–Trinajstić information content (AvgIpc) is 2.56. The topological polar surface area (TPSA) is 37.3 Å². The molecule has 0 radical (unpaired) electrons. The van der Waals surface area contributed by atoms with Gasteiger partial charge in [0.2, 0.25) is 0 Å². The van der Waals surface area contributed by atoms with E-state index in [9.17, 15) is 9.90 Å². The number of benzene rings is 2. The van der Waals surface area contributed by atoms with Crippen LogP contribution in [-0.4, -0.2) is 11.1 Å². The molecule has 1 N–H and O–H groups in total. The van der Waals surface area contributed by atoms with Crippen LogP contribution in [0.2, 0.25) is 0 Å². The van der Waals surface area contributed by atoms with Gasteiger partial charge in [0.15, 0.2) is 0 Å². The van der Waals surface area contributed by atoms with Crippen molar-refractivity contribution in [2.45, 2.75) is 25.7 Å². The first-order valence-electron chi connectivity index (χ1n) is 7.57. The molecule has 0 heterocycles. The zero-order valence-corrected chi connectivity index (χ0v) is 12.9. The summed E-state index contributed by atoms with van der Waals surface area (Å²) < 4.78 is 0. The highest BCUT2D eigenvalue weighted by atomic mass is 16.4. The molecule has 0 aliphatic rings. The smallest absolute Gasteiger partial charge is 0.344 e. The number of hydrogen-bond donors (Lipinski definition) is 1. The maximum absolute atomic E-state index is 11.3. The minimum atomic E-state index is -1.01. The van der Waals surface area contributed by atoms with Gasteiger partial charge in [-0.1, -0.05) is 48.2 Å². The highest BCUT2D eigenvalue weighted by molar-refractivity contribution is 5.98. The second kappa shape index (κ2) is 8.47. The Morgan fingerprint density at radius 2 is 1.83 bits per heavy atom. The largest absolute Gasteiger partial charge is 0.477 e. The maximum Gasteiger partial charge on any atom is 0.344 e. The fourth-order valence-electron chi connectivity index (χ4n) is 2.21. The van der Waals surface area contributed by atoms with Gasteiger partial charge >= 0.3 is 5.97 Å². The zero-order valence-electron chi connectivity index (χ0n) is 12.9. The summed E-state index contributed by atoms with van der Waals surface area (Å²) in [4.78, 5) is 11.3.